The van der Waals surface area contributed by atoms with Gasteiger partial charge in [-0.3, -0.25) is 4.79 Å². The normalized spacial score (nSPS) is 14.1. The molecule has 1 aliphatic rings. The van der Waals surface area contributed by atoms with Gasteiger partial charge in [-0.1, -0.05) is 17.2 Å². The van der Waals surface area contributed by atoms with E-state index in [0.29, 0.717) is 22.7 Å². The molecule has 0 unspecified atom stereocenters. The Morgan fingerprint density at radius 3 is 2.89 bits per heavy atom. The first kappa shape index (κ1) is 12.2. The zero-order valence-electron chi connectivity index (χ0n) is 10.9. The van der Waals surface area contributed by atoms with E-state index in [9.17, 15) is 4.79 Å². The smallest absolute Gasteiger partial charge is 0.251 e. The first-order valence-electron chi connectivity index (χ1n) is 6.03. The standard InChI is InChI=1S/C14H13ClN2O2/c1-6-4-8-11(10(6)14(18)16-3)13(15)17-9-5-7(2)19-12(8)9/h5H,4H2,1-3H3,(H,16,18). The topological polar surface area (TPSA) is 55.1 Å². The minimum atomic E-state index is -0.137. The largest absolute Gasteiger partial charge is 0.459 e. The zero-order chi connectivity index (χ0) is 13.7. The fourth-order valence-electron chi connectivity index (χ4n) is 2.62. The number of rotatable bonds is 1. The Labute approximate surface area is 115 Å². The van der Waals surface area contributed by atoms with Crippen molar-refractivity contribution in [1.29, 1.82) is 0 Å². The van der Waals surface area contributed by atoms with E-state index >= 15 is 0 Å². The number of amides is 1. The van der Waals surface area contributed by atoms with Crippen molar-refractivity contribution in [2.75, 3.05) is 7.05 Å². The molecule has 0 radical (unpaired) electrons. The number of allylic oxidation sites excluding steroid dienone is 1. The van der Waals surface area contributed by atoms with Crippen molar-refractivity contribution in [2.24, 2.45) is 0 Å². The van der Waals surface area contributed by atoms with Gasteiger partial charge in [-0.15, -0.1) is 0 Å². The Morgan fingerprint density at radius 2 is 2.21 bits per heavy atom. The number of furan rings is 1. The molecule has 0 saturated heterocycles. The maximum absolute atomic E-state index is 12.0. The molecule has 0 aromatic carbocycles. The number of hydrogen-bond acceptors (Lipinski definition) is 3. The van der Waals surface area contributed by atoms with Gasteiger partial charge in [0.05, 0.1) is 0 Å². The van der Waals surface area contributed by atoms with Crippen LogP contribution in [0.25, 0.3) is 16.7 Å². The fraction of sp³-hybridized carbons (Fsp3) is 0.286. The van der Waals surface area contributed by atoms with Crippen molar-refractivity contribution in [3.8, 4) is 0 Å². The summed E-state index contributed by atoms with van der Waals surface area (Å²) in [6, 6.07) is 1.86. The number of carbonyl (C=O) groups is 1. The van der Waals surface area contributed by atoms with Crippen LogP contribution < -0.4 is 5.32 Å². The third kappa shape index (κ3) is 1.67. The fourth-order valence-corrected chi connectivity index (χ4v) is 2.92. The first-order valence-corrected chi connectivity index (χ1v) is 6.41. The van der Waals surface area contributed by atoms with E-state index in [1.54, 1.807) is 7.05 Å². The number of nitrogens with zero attached hydrogens (tertiary/aromatic N) is 1. The van der Waals surface area contributed by atoms with Crippen molar-refractivity contribution >= 4 is 34.2 Å². The highest BCUT2D eigenvalue weighted by molar-refractivity contribution is 6.35. The summed E-state index contributed by atoms with van der Waals surface area (Å²) in [6.07, 6.45) is 0.670. The number of pyridine rings is 1. The molecule has 2 heterocycles. The van der Waals surface area contributed by atoms with Crippen LogP contribution >= 0.6 is 11.6 Å². The predicted molar refractivity (Wildman–Crippen MR) is 74.1 cm³/mol. The summed E-state index contributed by atoms with van der Waals surface area (Å²) in [5.41, 5.74) is 4.74. The van der Waals surface area contributed by atoms with Crippen LogP contribution in [0.3, 0.4) is 0 Å². The summed E-state index contributed by atoms with van der Waals surface area (Å²) < 4.78 is 5.70. The lowest BCUT2D eigenvalue weighted by molar-refractivity contribution is -0.115. The molecule has 0 bridgehead atoms. The Hall–Kier alpha value is -1.81. The van der Waals surface area contributed by atoms with E-state index in [1.807, 2.05) is 19.9 Å². The van der Waals surface area contributed by atoms with Gasteiger partial charge in [0.15, 0.2) is 5.58 Å². The van der Waals surface area contributed by atoms with E-state index in [4.69, 9.17) is 16.0 Å². The number of carbonyl (C=O) groups excluding carboxylic acids is 1. The Bertz CT molecular complexity index is 743. The Kier molecular flexibility index (Phi) is 2.64. The summed E-state index contributed by atoms with van der Waals surface area (Å²) in [5.74, 6) is 0.653. The van der Waals surface area contributed by atoms with Gasteiger partial charge < -0.3 is 9.73 Å². The van der Waals surface area contributed by atoms with Crippen molar-refractivity contribution in [1.82, 2.24) is 10.3 Å². The summed E-state index contributed by atoms with van der Waals surface area (Å²) in [7, 11) is 1.61. The van der Waals surface area contributed by atoms with Gasteiger partial charge in [-0.05, 0) is 20.3 Å². The van der Waals surface area contributed by atoms with Crippen molar-refractivity contribution < 1.29 is 9.21 Å². The Morgan fingerprint density at radius 1 is 1.47 bits per heavy atom. The lowest BCUT2D eigenvalue weighted by atomic mass is 10.1. The lowest BCUT2D eigenvalue weighted by Crippen LogP contribution is -2.19. The predicted octanol–water partition coefficient (Wildman–Crippen LogP) is 2.87. The number of nitrogens with one attached hydrogen (secondary N) is 1. The van der Waals surface area contributed by atoms with E-state index < -0.39 is 0 Å². The third-order valence-corrected chi connectivity index (χ3v) is 3.68. The average molecular weight is 277 g/mol. The maximum Gasteiger partial charge on any atom is 0.251 e. The highest BCUT2D eigenvalue weighted by atomic mass is 35.5. The summed E-state index contributed by atoms with van der Waals surface area (Å²) in [5, 5.41) is 3.00. The quantitative estimate of drug-likeness (QED) is 0.815. The maximum atomic E-state index is 12.0. The molecule has 0 spiro atoms. The third-order valence-electron chi connectivity index (χ3n) is 3.41. The number of likely N-dealkylation sites (N-methyl/N-ethyl adjacent to an activating group) is 1. The van der Waals surface area contributed by atoms with Crippen molar-refractivity contribution in [2.45, 2.75) is 20.3 Å². The highest BCUT2D eigenvalue weighted by Crippen LogP contribution is 2.41. The first-order chi connectivity index (χ1) is 9.02. The van der Waals surface area contributed by atoms with Crippen LogP contribution in [-0.4, -0.2) is 17.9 Å². The average Bonchev–Trinajstić information content (AvgIpc) is 2.88. The molecule has 4 nitrogen and oxygen atoms in total. The molecule has 0 fully saturated rings. The Balaban J connectivity index is 2.33. The van der Waals surface area contributed by atoms with Crippen LogP contribution in [0.5, 0.6) is 0 Å². The number of aryl methyl sites for hydroxylation is 1. The summed E-state index contributed by atoms with van der Waals surface area (Å²) in [6.45, 7) is 3.80. The highest BCUT2D eigenvalue weighted by Gasteiger charge is 2.30. The molecule has 1 aliphatic carbocycles. The summed E-state index contributed by atoms with van der Waals surface area (Å²) >= 11 is 6.25. The molecular weight excluding hydrogens is 264 g/mol. The van der Waals surface area contributed by atoms with Gasteiger partial charge in [-0.2, -0.15) is 0 Å². The van der Waals surface area contributed by atoms with Gasteiger partial charge in [0.1, 0.15) is 16.4 Å². The molecule has 1 amide bonds. The van der Waals surface area contributed by atoms with Gasteiger partial charge in [-0.25, -0.2) is 4.98 Å². The molecule has 5 heteroatoms. The second kappa shape index (κ2) is 4.10. The van der Waals surface area contributed by atoms with Crippen LogP contribution in [-0.2, 0) is 11.2 Å². The SMILES string of the molecule is CNC(=O)C1=C(C)Cc2c1c(Cl)nc1cc(C)oc21. The minimum absolute atomic E-state index is 0.137. The van der Waals surface area contributed by atoms with E-state index in [-0.39, 0.29) is 5.91 Å². The van der Waals surface area contributed by atoms with E-state index in [0.717, 1.165) is 28.0 Å². The van der Waals surface area contributed by atoms with Gasteiger partial charge in [0.25, 0.3) is 5.91 Å². The molecule has 2 aromatic heterocycles. The molecule has 0 atom stereocenters. The van der Waals surface area contributed by atoms with Crippen LogP contribution in [0.1, 0.15) is 23.8 Å². The molecule has 0 aliphatic heterocycles. The van der Waals surface area contributed by atoms with Crippen molar-refractivity contribution in [3.63, 3.8) is 0 Å². The number of hydrogen-bond donors (Lipinski definition) is 1. The molecular formula is C14H13ClN2O2. The van der Waals surface area contributed by atoms with Crippen LogP contribution in [0.15, 0.2) is 16.1 Å². The van der Waals surface area contributed by atoms with Gasteiger partial charge in [0.2, 0.25) is 0 Å². The lowest BCUT2D eigenvalue weighted by Gasteiger charge is -2.07. The number of aromatic nitrogens is 1. The van der Waals surface area contributed by atoms with Gasteiger partial charge in [0, 0.05) is 29.8 Å². The summed E-state index contributed by atoms with van der Waals surface area (Å²) in [4.78, 5) is 16.3. The second-order valence-corrected chi connectivity index (χ2v) is 5.10. The molecule has 1 N–H and O–H groups in total. The minimum Gasteiger partial charge on any atom is -0.459 e. The molecule has 0 saturated carbocycles. The van der Waals surface area contributed by atoms with Crippen LogP contribution in [0.4, 0.5) is 0 Å². The zero-order valence-corrected chi connectivity index (χ0v) is 11.7. The van der Waals surface area contributed by atoms with Crippen LogP contribution in [0.2, 0.25) is 5.15 Å². The molecule has 98 valence electrons. The molecule has 19 heavy (non-hydrogen) atoms. The van der Waals surface area contributed by atoms with Crippen LogP contribution in [0, 0.1) is 6.92 Å². The monoisotopic (exact) mass is 276 g/mol. The number of halogens is 1. The molecule has 3 rings (SSSR count). The van der Waals surface area contributed by atoms with Gasteiger partial charge >= 0.3 is 0 Å². The van der Waals surface area contributed by atoms with E-state index in [1.165, 1.54) is 0 Å². The number of fused-ring (bicyclic) bond motifs is 3. The second-order valence-electron chi connectivity index (χ2n) is 4.74. The van der Waals surface area contributed by atoms with E-state index in [2.05, 4.69) is 10.3 Å². The molecule has 2 aromatic rings. The van der Waals surface area contributed by atoms with Crippen molar-refractivity contribution in [3.05, 3.63) is 33.7 Å².